The van der Waals surface area contributed by atoms with Gasteiger partial charge in [0.05, 0.1) is 16.5 Å². The molecule has 0 radical (unpaired) electrons. The summed E-state index contributed by atoms with van der Waals surface area (Å²) in [6, 6.07) is 0. The number of hydrogen-bond acceptors (Lipinski definition) is 3. The molecule has 2 aliphatic rings. The van der Waals surface area contributed by atoms with E-state index >= 15 is 0 Å². The summed E-state index contributed by atoms with van der Waals surface area (Å²) in [7, 11) is 1.29. The van der Waals surface area contributed by atoms with E-state index in [1.165, 1.54) is 12.8 Å². The Balaban J connectivity index is 2.30. The van der Waals surface area contributed by atoms with Crippen LogP contribution in [0.1, 0.15) is 32.1 Å². The lowest BCUT2D eigenvalue weighted by Crippen LogP contribution is -2.69. The third-order valence-electron chi connectivity index (χ3n) is 3.95. The molecule has 3 nitrogen and oxygen atoms in total. The number of hydrogen-bond donors (Lipinski definition) is 0. The van der Waals surface area contributed by atoms with Gasteiger partial charge in [-0.25, -0.2) is 8.42 Å². The first-order valence-electron chi connectivity index (χ1n) is 5.38. The second kappa shape index (κ2) is 3.20. The third-order valence-corrected chi connectivity index (χ3v) is 6.39. The lowest BCUT2D eigenvalue weighted by Gasteiger charge is -2.52. The van der Waals surface area contributed by atoms with Crippen molar-refractivity contribution >= 4 is 9.84 Å². The van der Waals surface area contributed by atoms with E-state index in [0.29, 0.717) is 5.75 Å². The van der Waals surface area contributed by atoms with Gasteiger partial charge in [0.2, 0.25) is 0 Å². The van der Waals surface area contributed by atoms with E-state index < -0.39 is 9.84 Å². The molecule has 0 N–H and O–H groups in total. The Morgan fingerprint density at radius 2 is 1.93 bits per heavy atom. The Morgan fingerprint density at radius 1 is 1.21 bits per heavy atom. The summed E-state index contributed by atoms with van der Waals surface area (Å²) in [5, 5.41) is -0.0764. The summed E-state index contributed by atoms with van der Waals surface area (Å²) in [6.07, 6.45) is 5.40. The van der Waals surface area contributed by atoms with Crippen molar-refractivity contribution in [3.05, 3.63) is 0 Å². The van der Waals surface area contributed by atoms with E-state index in [1.54, 1.807) is 0 Å². The highest BCUT2D eigenvalue weighted by atomic mass is 32.2. The molecule has 0 bridgehead atoms. The molecule has 1 heterocycles. The van der Waals surface area contributed by atoms with Gasteiger partial charge < -0.3 is 4.90 Å². The topological polar surface area (TPSA) is 37.4 Å². The highest BCUT2D eigenvalue weighted by Crippen LogP contribution is 2.44. The summed E-state index contributed by atoms with van der Waals surface area (Å²) in [5.41, 5.74) is -0.0185. The van der Waals surface area contributed by atoms with Gasteiger partial charge in [0.15, 0.2) is 9.84 Å². The van der Waals surface area contributed by atoms with E-state index in [1.807, 2.05) is 14.1 Å². The zero-order chi connectivity index (χ0) is 10.4. The molecule has 14 heavy (non-hydrogen) atoms. The highest BCUT2D eigenvalue weighted by Gasteiger charge is 2.59. The molecular weight excluding hydrogens is 198 g/mol. The summed E-state index contributed by atoms with van der Waals surface area (Å²) in [4.78, 5) is 2.14. The first kappa shape index (κ1) is 10.4. The zero-order valence-corrected chi connectivity index (χ0v) is 9.81. The van der Waals surface area contributed by atoms with Crippen molar-refractivity contribution in [2.45, 2.75) is 42.9 Å². The first-order valence-corrected chi connectivity index (χ1v) is 7.10. The third kappa shape index (κ3) is 1.31. The Bertz CT molecular complexity index is 323. The molecule has 4 heteroatoms. The molecule has 82 valence electrons. The minimum Gasteiger partial charge on any atom is -0.301 e. The van der Waals surface area contributed by atoms with Crippen LogP contribution in [0.15, 0.2) is 0 Å². The van der Waals surface area contributed by atoms with Crippen LogP contribution in [0.2, 0.25) is 0 Å². The fourth-order valence-corrected chi connectivity index (χ4v) is 5.85. The quantitative estimate of drug-likeness (QED) is 0.659. The van der Waals surface area contributed by atoms with Gasteiger partial charge in [0, 0.05) is 0 Å². The van der Waals surface area contributed by atoms with Crippen molar-refractivity contribution in [2.75, 3.05) is 19.8 Å². The summed E-state index contributed by atoms with van der Waals surface area (Å²) in [6.45, 7) is 0. The van der Waals surface area contributed by atoms with Gasteiger partial charge in [-0.2, -0.15) is 0 Å². The summed E-state index contributed by atoms with van der Waals surface area (Å²) >= 11 is 0. The maximum absolute atomic E-state index is 11.7. The molecule has 1 aliphatic heterocycles. The van der Waals surface area contributed by atoms with Crippen molar-refractivity contribution in [3.8, 4) is 0 Å². The lowest BCUT2D eigenvalue weighted by molar-refractivity contribution is 0.135. The predicted octanol–water partition coefficient (Wildman–Crippen LogP) is 1.05. The van der Waals surface area contributed by atoms with Crippen molar-refractivity contribution < 1.29 is 8.42 Å². The van der Waals surface area contributed by atoms with E-state index in [9.17, 15) is 8.42 Å². The second-order valence-corrected chi connectivity index (χ2v) is 7.08. The van der Waals surface area contributed by atoms with E-state index in [-0.39, 0.29) is 10.8 Å². The second-order valence-electron chi connectivity index (χ2n) is 4.89. The maximum Gasteiger partial charge on any atom is 0.156 e. The van der Waals surface area contributed by atoms with Gasteiger partial charge in [-0.05, 0) is 26.9 Å². The van der Waals surface area contributed by atoms with Gasteiger partial charge in [-0.15, -0.1) is 0 Å². The van der Waals surface area contributed by atoms with Crippen LogP contribution >= 0.6 is 0 Å². The fourth-order valence-electron chi connectivity index (χ4n) is 3.04. The number of nitrogens with zero attached hydrogens (tertiary/aromatic N) is 1. The average molecular weight is 217 g/mol. The van der Waals surface area contributed by atoms with Crippen LogP contribution in [0.5, 0.6) is 0 Å². The number of sulfone groups is 1. The smallest absolute Gasteiger partial charge is 0.156 e. The van der Waals surface area contributed by atoms with Gasteiger partial charge in [0.1, 0.15) is 0 Å². The van der Waals surface area contributed by atoms with Gasteiger partial charge in [0.25, 0.3) is 0 Å². The summed E-state index contributed by atoms with van der Waals surface area (Å²) < 4.78 is 23.4. The Kier molecular flexibility index (Phi) is 2.39. The van der Waals surface area contributed by atoms with Crippen molar-refractivity contribution in [1.82, 2.24) is 4.90 Å². The fraction of sp³-hybridized carbons (Fsp3) is 1.00. The Morgan fingerprint density at radius 3 is 2.50 bits per heavy atom. The van der Waals surface area contributed by atoms with Crippen molar-refractivity contribution in [1.29, 1.82) is 0 Å². The molecule has 0 aromatic rings. The highest BCUT2D eigenvalue weighted by molar-refractivity contribution is 7.93. The monoisotopic (exact) mass is 217 g/mol. The van der Waals surface area contributed by atoms with Crippen LogP contribution in [0, 0.1) is 0 Å². The van der Waals surface area contributed by atoms with E-state index in [2.05, 4.69) is 4.90 Å². The van der Waals surface area contributed by atoms with Crippen LogP contribution in [-0.4, -0.2) is 44.0 Å². The average Bonchev–Trinajstić information content (AvgIpc) is 2.24. The van der Waals surface area contributed by atoms with E-state index in [0.717, 1.165) is 19.3 Å². The van der Waals surface area contributed by atoms with Crippen molar-refractivity contribution in [3.63, 3.8) is 0 Å². The number of fused-ring (bicyclic) bond motifs is 1. The molecule has 0 amide bonds. The minimum atomic E-state index is -2.75. The SMILES string of the molecule is CN(C)C12CCCCCC1S(=O)(=O)C2. The largest absolute Gasteiger partial charge is 0.301 e. The van der Waals surface area contributed by atoms with Crippen LogP contribution in [-0.2, 0) is 9.84 Å². The molecule has 0 spiro atoms. The maximum atomic E-state index is 11.7. The van der Waals surface area contributed by atoms with Crippen LogP contribution < -0.4 is 0 Å². The molecule has 0 aromatic carbocycles. The molecule has 2 unspecified atom stereocenters. The minimum absolute atomic E-state index is 0.0185. The van der Waals surface area contributed by atoms with Crippen LogP contribution in [0.4, 0.5) is 0 Å². The van der Waals surface area contributed by atoms with Gasteiger partial charge in [-0.3, -0.25) is 0 Å². The zero-order valence-electron chi connectivity index (χ0n) is 8.99. The summed E-state index contributed by atoms with van der Waals surface area (Å²) in [5.74, 6) is 0.387. The molecule has 2 fully saturated rings. The van der Waals surface area contributed by atoms with Crippen LogP contribution in [0.3, 0.4) is 0 Å². The van der Waals surface area contributed by atoms with E-state index in [4.69, 9.17) is 0 Å². The molecule has 2 atom stereocenters. The lowest BCUT2D eigenvalue weighted by atomic mass is 9.89. The van der Waals surface area contributed by atoms with Gasteiger partial charge >= 0.3 is 0 Å². The Labute approximate surface area is 86.4 Å². The molecular formula is C10H19NO2S. The molecule has 2 rings (SSSR count). The predicted molar refractivity (Wildman–Crippen MR) is 57.1 cm³/mol. The Hall–Kier alpha value is -0.0900. The van der Waals surface area contributed by atoms with Crippen molar-refractivity contribution in [2.24, 2.45) is 0 Å². The molecule has 1 aliphatic carbocycles. The molecule has 1 saturated heterocycles. The number of rotatable bonds is 1. The molecule has 1 saturated carbocycles. The standard InChI is InChI=1S/C10H19NO2S/c1-11(2)10-7-5-3-4-6-9(10)14(12,13)8-10/h9H,3-8H2,1-2H3. The molecule has 0 aromatic heterocycles. The van der Waals surface area contributed by atoms with Crippen LogP contribution in [0.25, 0.3) is 0 Å². The first-order chi connectivity index (χ1) is 6.49. The van der Waals surface area contributed by atoms with Gasteiger partial charge in [-0.1, -0.05) is 19.3 Å². The normalized spacial score (nSPS) is 41.2.